The molecule has 1 atom stereocenters. The van der Waals surface area contributed by atoms with Gasteiger partial charge < -0.3 is 0 Å². The fourth-order valence-electron chi connectivity index (χ4n) is 3.53. The molecule has 0 aliphatic carbocycles. The van der Waals surface area contributed by atoms with Gasteiger partial charge in [0.2, 0.25) is 0 Å². The van der Waals surface area contributed by atoms with Crippen LogP contribution < -0.4 is 18.1 Å². The number of hydrogen-bond donors (Lipinski definition) is 0. The Hall–Kier alpha value is -3.49. The fraction of sp³-hybridized carbons (Fsp3) is 0.200. The van der Waals surface area contributed by atoms with Crippen LogP contribution in [0.2, 0.25) is 0 Å². The van der Waals surface area contributed by atoms with Gasteiger partial charge in [-0.3, -0.25) is 0 Å². The van der Waals surface area contributed by atoms with Gasteiger partial charge in [0.15, 0.2) is 23.0 Å². The highest BCUT2D eigenvalue weighted by Crippen LogP contribution is 2.61. The summed E-state index contributed by atoms with van der Waals surface area (Å²) in [6.45, 7) is 10.4. The lowest BCUT2D eigenvalue weighted by molar-refractivity contribution is 0.262. The zero-order valence-corrected chi connectivity index (χ0v) is 21.8. The maximum Gasteiger partial charge on any atom is 0.766 e. The van der Waals surface area contributed by atoms with Crippen LogP contribution in [0, 0.1) is 20.8 Å². The lowest BCUT2D eigenvalue weighted by atomic mass is 10.0. The second kappa shape index (κ2) is 10.8. The normalized spacial score (nSPS) is 12.6. The van der Waals surface area contributed by atoms with Crippen molar-refractivity contribution in [2.45, 2.75) is 40.5 Å². The molecule has 0 amide bonds. The van der Waals surface area contributed by atoms with E-state index in [4.69, 9.17) is 18.1 Å². The minimum Gasteiger partial charge on any atom is -0.241 e. The van der Waals surface area contributed by atoms with Crippen molar-refractivity contribution in [2.75, 3.05) is 0 Å². The van der Waals surface area contributed by atoms with Crippen LogP contribution in [0.4, 0.5) is 0 Å². The molecule has 35 heavy (non-hydrogen) atoms. The maximum absolute atomic E-state index is 6.57. The van der Waals surface area contributed by atoms with E-state index in [1.165, 1.54) is 0 Å². The molecule has 180 valence electrons. The van der Waals surface area contributed by atoms with E-state index in [0.717, 1.165) is 22.3 Å². The number of aryl methyl sites for hydroxylation is 3. The van der Waals surface area contributed by atoms with Gasteiger partial charge in [0.1, 0.15) is 0 Å². The van der Waals surface area contributed by atoms with Crippen LogP contribution in [0.5, 0.6) is 23.0 Å². The van der Waals surface area contributed by atoms with Crippen LogP contribution in [0.1, 0.15) is 42.0 Å². The van der Waals surface area contributed by atoms with Gasteiger partial charge in [-0.05, 0) is 80.3 Å². The molecule has 0 spiro atoms. The first kappa shape index (κ1) is 24.6. The Kier molecular flexibility index (Phi) is 7.63. The zero-order valence-electron chi connectivity index (χ0n) is 20.9. The molecule has 0 fully saturated rings. The van der Waals surface area contributed by atoms with Crippen LogP contribution in [0.15, 0.2) is 97.1 Å². The van der Waals surface area contributed by atoms with Gasteiger partial charge in [-0.15, -0.1) is 0 Å². The van der Waals surface area contributed by atoms with Crippen molar-refractivity contribution in [2.24, 2.45) is 0 Å². The van der Waals surface area contributed by atoms with Crippen LogP contribution >= 0.6 is 8.17 Å². The smallest absolute Gasteiger partial charge is 0.241 e. The number of hydrogen-bond acceptors (Lipinski definition) is 4. The first-order valence-corrected chi connectivity index (χ1v) is 13.2. The summed E-state index contributed by atoms with van der Waals surface area (Å²) in [4.78, 5) is 0. The molecule has 0 aliphatic heterocycles. The van der Waals surface area contributed by atoms with Gasteiger partial charge in [0.05, 0.1) is 0 Å². The minimum absolute atomic E-state index is 0.347. The second-order valence-corrected chi connectivity index (χ2v) is 10.6. The Balaban J connectivity index is 1.81. The molecule has 0 N–H and O–H groups in total. The predicted octanol–water partition coefficient (Wildman–Crippen LogP) is 9.03. The van der Waals surface area contributed by atoms with Gasteiger partial charge in [0, 0.05) is 0 Å². The molecule has 4 nitrogen and oxygen atoms in total. The van der Waals surface area contributed by atoms with Gasteiger partial charge >= 0.3 is 8.17 Å². The molecular formula is C30H32O4P+. The Morgan fingerprint density at radius 1 is 0.543 bits per heavy atom. The van der Waals surface area contributed by atoms with E-state index in [1.54, 1.807) is 0 Å². The Morgan fingerprint density at radius 3 is 1.80 bits per heavy atom. The molecule has 0 heterocycles. The Labute approximate surface area is 209 Å². The summed E-state index contributed by atoms with van der Waals surface area (Å²) >= 11 is 0. The van der Waals surface area contributed by atoms with Crippen molar-refractivity contribution in [3.8, 4) is 23.0 Å². The van der Waals surface area contributed by atoms with E-state index < -0.39 is 8.17 Å². The minimum atomic E-state index is -3.49. The first-order valence-electron chi connectivity index (χ1n) is 11.8. The van der Waals surface area contributed by atoms with E-state index in [0.29, 0.717) is 28.9 Å². The van der Waals surface area contributed by atoms with E-state index >= 15 is 0 Å². The molecule has 0 radical (unpaired) electrons. The summed E-state index contributed by atoms with van der Waals surface area (Å²) in [5.74, 6) is 2.81. The highest BCUT2D eigenvalue weighted by atomic mass is 31.2. The topological polar surface area (TPSA) is 36.9 Å². The average Bonchev–Trinajstić information content (AvgIpc) is 2.83. The first-order chi connectivity index (χ1) is 16.8. The van der Waals surface area contributed by atoms with Gasteiger partial charge in [0.25, 0.3) is 0 Å². The summed E-state index contributed by atoms with van der Waals surface area (Å²) in [6.07, 6.45) is 0. The third kappa shape index (κ3) is 6.55. The molecule has 5 heteroatoms. The lowest BCUT2D eigenvalue weighted by Gasteiger charge is -2.21. The molecule has 0 saturated heterocycles. The van der Waals surface area contributed by atoms with Crippen molar-refractivity contribution in [1.29, 1.82) is 0 Å². The highest BCUT2D eigenvalue weighted by Gasteiger charge is 2.57. The van der Waals surface area contributed by atoms with Gasteiger partial charge in [-0.1, -0.05) is 79.6 Å². The van der Waals surface area contributed by atoms with Crippen molar-refractivity contribution in [1.82, 2.24) is 0 Å². The highest BCUT2D eigenvalue weighted by molar-refractivity contribution is 7.58. The van der Waals surface area contributed by atoms with Crippen molar-refractivity contribution in [3.63, 3.8) is 0 Å². The zero-order chi connectivity index (χ0) is 24.8. The largest absolute Gasteiger partial charge is 0.766 e. The van der Waals surface area contributed by atoms with Crippen molar-refractivity contribution in [3.05, 3.63) is 119 Å². The standard InChI is InChI=1S/C30H32O4P/c1-22(2)26-10-9-13-29(21-26)33-35(31-27-11-7-6-8-12-27,32-28-17-14-23(3)15-18-28)34-30-19-16-24(4)20-25(30)5/h6-22H,1-5H3/q+1. The summed E-state index contributed by atoms with van der Waals surface area (Å²) < 4.78 is 26.1. The fourth-order valence-corrected chi connectivity index (χ4v) is 5.33. The quantitative estimate of drug-likeness (QED) is 0.221. The van der Waals surface area contributed by atoms with Crippen molar-refractivity contribution >= 4 is 8.17 Å². The summed E-state index contributed by atoms with van der Waals surface area (Å²) in [5.41, 5.74) is 4.40. The summed E-state index contributed by atoms with van der Waals surface area (Å²) in [5, 5.41) is 0. The second-order valence-electron chi connectivity index (χ2n) is 8.93. The van der Waals surface area contributed by atoms with Gasteiger partial charge in [-0.2, -0.15) is 0 Å². The SMILES string of the molecule is Cc1ccc(O[P+](Oc2ccccc2)(Oc2cccc(C(C)C)c2)Oc2ccc(C)cc2C)cc1. The maximum atomic E-state index is 6.57. The molecule has 0 aromatic heterocycles. The predicted molar refractivity (Wildman–Crippen MR) is 143 cm³/mol. The molecule has 4 rings (SSSR count). The monoisotopic (exact) mass is 487 g/mol. The summed E-state index contributed by atoms with van der Waals surface area (Å²) in [7, 11) is -3.49. The molecule has 4 aromatic rings. The lowest BCUT2D eigenvalue weighted by Crippen LogP contribution is -2.21. The molecule has 0 bridgehead atoms. The average molecular weight is 488 g/mol. The number of rotatable bonds is 9. The molecule has 0 saturated carbocycles. The van der Waals surface area contributed by atoms with Crippen LogP contribution in [-0.4, -0.2) is 0 Å². The van der Waals surface area contributed by atoms with E-state index in [-0.39, 0.29) is 0 Å². The summed E-state index contributed by atoms with van der Waals surface area (Å²) in [6, 6.07) is 31.2. The van der Waals surface area contributed by atoms with Crippen LogP contribution in [0.3, 0.4) is 0 Å². The van der Waals surface area contributed by atoms with Crippen LogP contribution in [0.25, 0.3) is 0 Å². The number of para-hydroxylation sites is 1. The molecule has 0 aliphatic rings. The van der Waals surface area contributed by atoms with Crippen molar-refractivity contribution < 1.29 is 18.1 Å². The molecule has 4 aromatic carbocycles. The number of benzene rings is 4. The molecular weight excluding hydrogens is 455 g/mol. The van der Waals surface area contributed by atoms with Crippen LogP contribution in [-0.2, 0) is 0 Å². The van der Waals surface area contributed by atoms with Gasteiger partial charge in [-0.25, -0.2) is 18.1 Å². The third-order valence-electron chi connectivity index (χ3n) is 5.48. The van der Waals surface area contributed by atoms with E-state index in [2.05, 4.69) is 32.9 Å². The Morgan fingerprint density at radius 2 is 1.14 bits per heavy atom. The molecule has 1 unspecified atom stereocenters. The van der Waals surface area contributed by atoms with E-state index in [9.17, 15) is 0 Å². The third-order valence-corrected chi connectivity index (χ3v) is 7.20. The van der Waals surface area contributed by atoms with E-state index in [1.807, 2.05) is 98.8 Å². The Bertz CT molecular complexity index is 1260.